The molecule has 8 nitrogen and oxygen atoms in total. The van der Waals surface area contributed by atoms with Gasteiger partial charge >= 0.3 is 0 Å². The number of hydrogen-bond acceptors (Lipinski definition) is 7. The van der Waals surface area contributed by atoms with Crippen LogP contribution in [0, 0.1) is 12.8 Å². The first-order valence-corrected chi connectivity index (χ1v) is 10.3. The lowest BCUT2D eigenvalue weighted by Crippen LogP contribution is -2.36. The van der Waals surface area contributed by atoms with E-state index in [2.05, 4.69) is 20.2 Å². The number of para-hydroxylation sites is 1. The maximum Gasteiger partial charge on any atom is 0.270 e. The Labute approximate surface area is 157 Å². The largest absolute Gasteiger partial charge is 0.492 e. The smallest absolute Gasteiger partial charge is 0.270 e. The molecule has 10 heteroatoms. The molecule has 0 radical (unpaired) electrons. The predicted molar refractivity (Wildman–Crippen MR) is 99.8 cm³/mol. The van der Waals surface area contributed by atoms with Crippen molar-refractivity contribution >= 4 is 32.4 Å². The Kier molecular flexibility index (Phi) is 6.68. The van der Waals surface area contributed by atoms with Gasteiger partial charge in [-0.3, -0.25) is 4.79 Å². The van der Waals surface area contributed by atoms with Crippen LogP contribution in [0.5, 0.6) is 5.75 Å². The van der Waals surface area contributed by atoms with Crippen molar-refractivity contribution in [2.75, 3.05) is 11.9 Å². The summed E-state index contributed by atoms with van der Waals surface area (Å²) in [5.41, 5.74) is 0.970. The summed E-state index contributed by atoms with van der Waals surface area (Å²) in [6, 6.07) is 7.02. The number of carbonyl (C=O) groups excluding carboxylic acids is 1. The Morgan fingerprint density at radius 1 is 1.23 bits per heavy atom. The number of rotatable bonds is 8. The number of nitrogens with zero attached hydrogens (tertiary/aromatic N) is 2. The van der Waals surface area contributed by atoms with Crippen LogP contribution in [0.1, 0.15) is 26.3 Å². The first-order chi connectivity index (χ1) is 12.2. The van der Waals surface area contributed by atoms with Gasteiger partial charge in [0.15, 0.2) is 0 Å². The van der Waals surface area contributed by atoms with Gasteiger partial charge in [0, 0.05) is 5.92 Å². The quantitative estimate of drug-likeness (QED) is 0.660. The molecule has 2 N–H and O–H groups in total. The van der Waals surface area contributed by atoms with Gasteiger partial charge in [0.25, 0.3) is 10.0 Å². The topological polar surface area (TPSA) is 110 Å². The van der Waals surface area contributed by atoms with Crippen LogP contribution < -0.4 is 14.8 Å². The molecule has 1 atom stereocenters. The zero-order chi connectivity index (χ0) is 19.3. The first-order valence-electron chi connectivity index (χ1n) is 8.04. The summed E-state index contributed by atoms with van der Waals surface area (Å²) in [6.07, 6.45) is 0. The molecule has 0 fully saturated rings. The number of hydrogen-bond donors (Lipinski definition) is 2. The van der Waals surface area contributed by atoms with Gasteiger partial charge in [0.05, 0.1) is 6.04 Å². The van der Waals surface area contributed by atoms with Crippen molar-refractivity contribution in [3.05, 3.63) is 29.8 Å². The van der Waals surface area contributed by atoms with Crippen LogP contribution in [0.3, 0.4) is 0 Å². The molecule has 1 aromatic carbocycles. The van der Waals surface area contributed by atoms with Crippen molar-refractivity contribution in [2.24, 2.45) is 5.92 Å². The summed E-state index contributed by atoms with van der Waals surface area (Å²) < 4.78 is 32.7. The SMILES string of the molecule is Cc1ccccc1OCC(C)NS(=O)(=O)c1nnc(NC(=O)C(C)C)s1. The molecular weight excluding hydrogens is 376 g/mol. The second-order valence-electron chi connectivity index (χ2n) is 6.12. The highest BCUT2D eigenvalue weighted by Gasteiger charge is 2.23. The van der Waals surface area contributed by atoms with Gasteiger partial charge in [-0.2, -0.15) is 0 Å². The van der Waals surface area contributed by atoms with Crippen molar-refractivity contribution < 1.29 is 17.9 Å². The van der Waals surface area contributed by atoms with Crippen molar-refractivity contribution in [2.45, 2.75) is 38.1 Å². The normalized spacial score (nSPS) is 12.8. The minimum atomic E-state index is -3.85. The molecule has 0 aliphatic rings. The molecule has 0 saturated heterocycles. The van der Waals surface area contributed by atoms with Crippen molar-refractivity contribution in [1.29, 1.82) is 0 Å². The van der Waals surface area contributed by atoms with E-state index in [-0.39, 0.29) is 27.9 Å². The average Bonchev–Trinajstić information content (AvgIpc) is 3.03. The molecular formula is C16H22N4O4S2. The van der Waals surface area contributed by atoms with Crippen LogP contribution in [-0.4, -0.2) is 37.2 Å². The zero-order valence-corrected chi connectivity index (χ0v) is 16.6. The molecule has 26 heavy (non-hydrogen) atoms. The molecule has 2 aromatic rings. The van der Waals surface area contributed by atoms with Crippen molar-refractivity contribution in [1.82, 2.24) is 14.9 Å². The second kappa shape index (κ2) is 8.56. The van der Waals surface area contributed by atoms with Crippen LogP contribution in [0.15, 0.2) is 28.6 Å². The summed E-state index contributed by atoms with van der Waals surface area (Å²) >= 11 is 0.799. The molecule has 0 saturated carbocycles. The van der Waals surface area contributed by atoms with Gasteiger partial charge in [-0.05, 0) is 25.5 Å². The maximum absolute atomic E-state index is 12.4. The fourth-order valence-corrected chi connectivity index (χ4v) is 4.05. The molecule has 0 bridgehead atoms. The van der Waals surface area contributed by atoms with Gasteiger partial charge < -0.3 is 10.1 Å². The molecule has 0 aliphatic carbocycles. The Morgan fingerprint density at radius 2 is 1.92 bits per heavy atom. The van der Waals surface area contributed by atoms with Crippen LogP contribution in [0.25, 0.3) is 0 Å². The average molecular weight is 399 g/mol. The Morgan fingerprint density at radius 3 is 2.58 bits per heavy atom. The van der Waals surface area contributed by atoms with E-state index in [4.69, 9.17) is 4.74 Å². The standard InChI is InChI=1S/C16H22N4O4S2/c1-10(2)14(21)17-15-18-19-16(25-15)26(22,23)20-12(4)9-24-13-8-6-5-7-11(13)3/h5-8,10,12,20H,9H2,1-4H3,(H,17,18,21). The fraction of sp³-hybridized carbons (Fsp3) is 0.438. The van der Waals surface area contributed by atoms with E-state index < -0.39 is 16.1 Å². The molecule has 0 spiro atoms. The van der Waals surface area contributed by atoms with E-state index in [1.54, 1.807) is 20.8 Å². The van der Waals surface area contributed by atoms with Gasteiger partial charge in [0.2, 0.25) is 15.4 Å². The molecule has 1 unspecified atom stereocenters. The highest BCUT2D eigenvalue weighted by Crippen LogP contribution is 2.21. The molecule has 142 valence electrons. The monoisotopic (exact) mass is 398 g/mol. The van der Waals surface area contributed by atoms with Crippen LogP contribution in [0.2, 0.25) is 0 Å². The number of nitrogens with one attached hydrogen (secondary N) is 2. The minimum Gasteiger partial charge on any atom is -0.492 e. The third-order valence-electron chi connectivity index (χ3n) is 3.33. The first kappa shape index (κ1) is 20.3. The summed E-state index contributed by atoms with van der Waals surface area (Å²) in [5.74, 6) is 0.210. The third-order valence-corrected chi connectivity index (χ3v) is 6.13. The highest BCUT2D eigenvalue weighted by molar-refractivity contribution is 7.91. The zero-order valence-electron chi connectivity index (χ0n) is 15.0. The van der Waals surface area contributed by atoms with E-state index in [1.165, 1.54) is 0 Å². The van der Waals surface area contributed by atoms with E-state index >= 15 is 0 Å². The summed E-state index contributed by atoms with van der Waals surface area (Å²) in [7, 11) is -3.85. The molecule has 1 amide bonds. The Balaban J connectivity index is 1.96. The number of benzene rings is 1. The number of ether oxygens (including phenoxy) is 1. The van der Waals surface area contributed by atoms with Gasteiger partial charge in [-0.15, -0.1) is 10.2 Å². The summed E-state index contributed by atoms with van der Waals surface area (Å²) in [4.78, 5) is 11.6. The number of anilines is 1. The van der Waals surface area contributed by atoms with Gasteiger partial charge in [0.1, 0.15) is 12.4 Å². The Hall–Kier alpha value is -2.04. The number of amides is 1. The highest BCUT2D eigenvalue weighted by atomic mass is 32.2. The second-order valence-corrected chi connectivity index (χ2v) is 8.98. The molecule has 2 rings (SSSR count). The van der Waals surface area contributed by atoms with E-state index in [9.17, 15) is 13.2 Å². The lowest BCUT2D eigenvalue weighted by Gasteiger charge is -2.15. The van der Waals surface area contributed by atoms with E-state index in [0.29, 0.717) is 5.75 Å². The van der Waals surface area contributed by atoms with Gasteiger partial charge in [-0.25, -0.2) is 13.1 Å². The van der Waals surface area contributed by atoms with Crippen molar-refractivity contribution in [3.63, 3.8) is 0 Å². The molecule has 1 aromatic heterocycles. The lowest BCUT2D eigenvalue weighted by molar-refractivity contribution is -0.118. The number of sulfonamides is 1. The van der Waals surface area contributed by atoms with Crippen LogP contribution in [-0.2, 0) is 14.8 Å². The van der Waals surface area contributed by atoms with E-state index in [1.807, 2.05) is 31.2 Å². The third kappa shape index (κ3) is 5.48. The summed E-state index contributed by atoms with van der Waals surface area (Å²) in [6.45, 7) is 7.23. The van der Waals surface area contributed by atoms with E-state index in [0.717, 1.165) is 16.9 Å². The Bertz CT molecular complexity index is 865. The van der Waals surface area contributed by atoms with Crippen LogP contribution >= 0.6 is 11.3 Å². The maximum atomic E-state index is 12.4. The fourth-order valence-electron chi connectivity index (χ4n) is 1.90. The van der Waals surface area contributed by atoms with Crippen molar-refractivity contribution in [3.8, 4) is 5.75 Å². The number of aromatic nitrogens is 2. The minimum absolute atomic E-state index is 0.146. The predicted octanol–water partition coefficient (Wildman–Crippen LogP) is 2.19. The number of aryl methyl sites for hydroxylation is 1. The molecule has 1 heterocycles. The van der Waals surface area contributed by atoms with Gasteiger partial charge in [-0.1, -0.05) is 43.4 Å². The summed E-state index contributed by atoms with van der Waals surface area (Å²) in [5, 5.41) is 10.0. The lowest BCUT2D eigenvalue weighted by atomic mass is 10.2. The van der Waals surface area contributed by atoms with Crippen LogP contribution in [0.4, 0.5) is 5.13 Å². The number of carbonyl (C=O) groups is 1. The molecule has 0 aliphatic heterocycles.